The topological polar surface area (TPSA) is 16.4 Å². The van der Waals surface area contributed by atoms with Crippen LogP contribution in [0, 0.1) is 0 Å². The van der Waals surface area contributed by atoms with Crippen molar-refractivity contribution in [2.75, 3.05) is 4.90 Å². The van der Waals surface area contributed by atoms with Gasteiger partial charge in [0.05, 0.1) is 16.1 Å². The van der Waals surface area contributed by atoms with Crippen LogP contribution in [0.2, 0.25) is 0 Å². The third kappa shape index (κ3) is 3.88. The van der Waals surface area contributed by atoms with Crippen LogP contribution < -0.4 is 4.90 Å². The minimum Gasteiger partial charge on any atom is -0.456 e. The first-order valence-corrected chi connectivity index (χ1v) is 17.5. The number of para-hydroxylation sites is 1. The normalized spacial score (nSPS) is 12.1. The zero-order chi connectivity index (χ0) is 32.1. The lowest BCUT2D eigenvalue weighted by atomic mass is 9.92. The molecule has 0 N–H and O–H groups in total. The number of anilines is 3. The largest absolute Gasteiger partial charge is 0.456 e. The van der Waals surface area contributed by atoms with Gasteiger partial charge >= 0.3 is 0 Å². The van der Waals surface area contributed by atoms with Crippen LogP contribution >= 0.6 is 11.3 Å². The molecule has 0 saturated heterocycles. The SMILES string of the molecule is c1ccc2c(N(c3ccc4c(c3)c3ccccc3c3cc5oc6ccccc6c5cc43)c3cccc4c3sc3ccccc34)cccc2c1. The van der Waals surface area contributed by atoms with Crippen LogP contribution in [0.25, 0.3) is 85.2 Å². The standard InChI is InChI=1S/C46H27NOS/c1-2-13-30-28(11-1)12-9-19-41(30)47(42-20-10-18-36-35-17-6-8-22-45(35)49-46(36)42)29-23-24-33-37(25-29)31-14-3-4-15-32(31)39-27-44-40(26-38(33)39)34-16-5-7-21-43(34)48-44/h1-27H. The Bertz CT molecular complexity index is 3120. The number of nitrogens with zero attached hydrogens (tertiary/aromatic N) is 1. The predicted molar refractivity (Wildman–Crippen MR) is 211 cm³/mol. The Kier molecular flexibility index (Phi) is 5.57. The minimum atomic E-state index is 0.921. The Hall–Kier alpha value is -6.16. The van der Waals surface area contributed by atoms with Crippen LogP contribution in [0.4, 0.5) is 17.1 Å². The summed E-state index contributed by atoms with van der Waals surface area (Å²) in [5, 5.41) is 14.7. The summed E-state index contributed by atoms with van der Waals surface area (Å²) in [5.41, 5.74) is 5.33. The summed E-state index contributed by atoms with van der Waals surface area (Å²) in [6.07, 6.45) is 0. The van der Waals surface area contributed by atoms with Crippen molar-refractivity contribution in [1.82, 2.24) is 0 Å². The summed E-state index contributed by atoms with van der Waals surface area (Å²) in [4.78, 5) is 2.48. The van der Waals surface area contributed by atoms with Gasteiger partial charge in [0.2, 0.25) is 0 Å². The van der Waals surface area contributed by atoms with E-state index in [9.17, 15) is 0 Å². The first-order chi connectivity index (χ1) is 24.3. The maximum Gasteiger partial charge on any atom is 0.136 e. The third-order valence-electron chi connectivity index (χ3n) is 10.2. The van der Waals surface area contributed by atoms with Gasteiger partial charge in [-0.25, -0.2) is 0 Å². The van der Waals surface area contributed by atoms with Crippen molar-refractivity contribution in [3.05, 3.63) is 164 Å². The fourth-order valence-corrected chi connectivity index (χ4v) is 9.22. The van der Waals surface area contributed by atoms with Crippen LogP contribution in [0.5, 0.6) is 0 Å². The van der Waals surface area contributed by atoms with Crippen molar-refractivity contribution in [2.24, 2.45) is 0 Å². The highest BCUT2D eigenvalue weighted by Crippen LogP contribution is 2.48. The molecule has 228 valence electrons. The molecule has 11 aromatic rings. The molecule has 0 aliphatic rings. The summed E-state index contributed by atoms with van der Waals surface area (Å²) in [6, 6.07) is 59.6. The molecule has 0 saturated carbocycles. The molecule has 3 heteroatoms. The summed E-state index contributed by atoms with van der Waals surface area (Å²) in [7, 11) is 0. The summed E-state index contributed by atoms with van der Waals surface area (Å²) >= 11 is 1.87. The number of rotatable bonds is 3. The van der Waals surface area contributed by atoms with Gasteiger partial charge in [-0.3, -0.25) is 0 Å². The van der Waals surface area contributed by atoms with Gasteiger partial charge in [-0.2, -0.15) is 0 Å². The van der Waals surface area contributed by atoms with Crippen molar-refractivity contribution in [1.29, 1.82) is 0 Å². The second kappa shape index (κ2) is 10.2. The molecule has 0 bridgehead atoms. The molecule has 0 unspecified atom stereocenters. The maximum absolute atomic E-state index is 6.36. The Morgan fingerprint density at radius 1 is 0.367 bits per heavy atom. The third-order valence-corrected chi connectivity index (χ3v) is 11.4. The molecule has 0 aliphatic carbocycles. The van der Waals surface area contributed by atoms with E-state index in [0.29, 0.717) is 0 Å². The second-order valence-electron chi connectivity index (χ2n) is 12.9. The van der Waals surface area contributed by atoms with Crippen molar-refractivity contribution in [2.45, 2.75) is 0 Å². The van der Waals surface area contributed by atoms with Gasteiger partial charge in [-0.1, -0.05) is 115 Å². The molecule has 0 spiro atoms. The molecule has 11 rings (SSSR count). The highest BCUT2D eigenvalue weighted by Gasteiger charge is 2.21. The molecular weight excluding hydrogens is 615 g/mol. The molecule has 2 heterocycles. The van der Waals surface area contributed by atoms with E-state index in [1.807, 2.05) is 17.4 Å². The fraction of sp³-hybridized carbons (Fsp3) is 0. The quantitative estimate of drug-likeness (QED) is 0.179. The minimum absolute atomic E-state index is 0.921. The summed E-state index contributed by atoms with van der Waals surface area (Å²) < 4.78 is 8.95. The van der Waals surface area contributed by atoms with Crippen LogP contribution in [0.15, 0.2) is 168 Å². The molecule has 0 aliphatic heterocycles. The number of hydrogen-bond donors (Lipinski definition) is 0. The first kappa shape index (κ1) is 26.9. The van der Waals surface area contributed by atoms with Gasteiger partial charge in [0.15, 0.2) is 0 Å². The van der Waals surface area contributed by atoms with Crippen LogP contribution in [0.3, 0.4) is 0 Å². The van der Waals surface area contributed by atoms with Gasteiger partial charge in [0, 0.05) is 37.3 Å². The predicted octanol–water partition coefficient (Wildman–Crippen LogP) is 14.0. The number of furan rings is 1. The smallest absolute Gasteiger partial charge is 0.136 e. The molecule has 2 nitrogen and oxygen atoms in total. The lowest BCUT2D eigenvalue weighted by Gasteiger charge is -2.28. The van der Waals surface area contributed by atoms with Gasteiger partial charge in [0.1, 0.15) is 11.2 Å². The lowest BCUT2D eigenvalue weighted by molar-refractivity contribution is 0.669. The number of benzene rings is 9. The lowest BCUT2D eigenvalue weighted by Crippen LogP contribution is -2.10. The molecule has 2 aromatic heterocycles. The maximum atomic E-state index is 6.36. The Morgan fingerprint density at radius 3 is 1.86 bits per heavy atom. The van der Waals surface area contributed by atoms with Crippen molar-refractivity contribution in [3.63, 3.8) is 0 Å². The molecular formula is C46H27NOS. The van der Waals surface area contributed by atoms with Crippen molar-refractivity contribution in [3.8, 4) is 0 Å². The Labute approximate surface area is 285 Å². The zero-order valence-electron chi connectivity index (χ0n) is 26.4. The number of hydrogen-bond acceptors (Lipinski definition) is 3. The van der Waals surface area contributed by atoms with Gasteiger partial charge < -0.3 is 9.32 Å². The number of thiophene rings is 1. The Balaban J connectivity index is 1.25. The van der Waals surface area contributed by atoms with E-state index in [4.69, 9.17) is 4.42 Å². The molecule has 0 atom stereocenters. The molecule has 9 aromatic carbocycles. The van der Waals surface area contributed by atoms with E-state index >= 15 is 0 Å². The average molecular weight is 642 g/mol. The fourth-order valence-electron chi connectivity index (χ4n) is 8.02. The van der Waals surface area contributed by atoms with E-state index in [2.05, 4.69) is 163 Å². The highest BCUT2D eigenvalue weighted by atomic mass is 32.1. The van der Waals surface area contributed by atoms with E-state index < -0.39 is 0 Å². The first-order valence-electron chi connectivity index (χ1n) is 16.7. The van der Waals surface area contributed by atoms with Crippen LogP contribution in [-0.2, 0) is 0 Å². The molecule has 0 amide bonds. The van der Waals surface area contributed by atoms with Crippen molar-refractivity contribution < 1.29 is 4.42 Å². The van der Waals surface area contributed by atoms with E-state index in [0.717, 1.165) is 27.6 Å². The summed E-state index contributed by atoms with van der Waals surface area (Å²) in [5.74, 6) is 0. The average Bonchev–Trinajstić information content (AvgIpc) is 3.73. The highest BCUT2D eigenvalue weighted by molar-refractivity contribution is 7.26. The van der Waals surface area contributed by atoms with Gasteiger partial charge in [0.25, 0.3) is 0 Å². The van der Waals surface area contributed by atoms with Crippen LogP contribution in [0.1, 0.15) is 0 Å². The van der Waals surface area contributed by atoms with Crippen LogP contribution in [-0.4, -0.2) is 0 Å². The van der Waals surface area contributed by atoms with Gasteiger partial charge in [-0.05, 0) is 86.2 Å². The number of fused-ring (bicyclic) bond motifs is 13. The molecule has 49 heavy (non-hydrogen) atoms. The van der Waals surface area contributed by atoms with Crippen molar-refractivity contribution >= 4 is 114 Å². The van der Waals surface area contributed by atoms with Gasteiger partial charge in [-0.15, -0.1) is 11.3 Å². The van der Waals surface area contributed by atoms with E-state index in [1.54, 1.807) is 0 Å². The molecule has 0 radical (unpaired) electrons. The zero-order valence-corrected chi connectivity index (χ0v) is 27.2. The second-order valence-corrected chi connectivity index (χ2v) is 13.9. The van der Waals surface area contributed by atoms with E-state index in [-0.39, 0.29) is 0 Å². The molecule has 0 fully saturated rings. The monoisotopic (exact) mass is 641 g/mol. The Morgan fingerprint density at radius 2 is 0.980 bits per heavy atom. The van der Waals surface area contributed by atoms with E-state index in [1.165, 1.54) is 74.6 Å². The summed E-state index contributed by atoms with van der Waals surface area (Å²) in [6.45, 7) is 0.